The lowest BCUT2D eigenvalue weighted by atomic mass is 9.98. The molecule has 0 saturated heterocycles. The molecule has 5 heteroatoms. The molecule has 1 aliphatic rings. The van der Waals surface area contributed by atoms with Crippen molar-refractivity contribution in [1.82, 2.24) is 5.32 Å². The summed E-state index contributed by atoms with van der Waals surface area (Å²) in [7, 11) is 1.62. The van der Waals surface area contributed by atoms with Crippen molar-refractivity contribution < 1.29 is 19.0 Å². The second kappa shape index (κ2) is 7.55. The van der Waals surface area contributed by atoms with Crippen LogP contribution in [0.4, 0.5) is 0 Å². The highest BCUT2D eigenvalue weighted by Gasteiger charge is 2.21. The van der Waals surface area contributed by atoms with E-state index in [4.69, 9.17) is 14.2 Å². The van der Waals surface area contributed by atoms with Crippen LogP contribution in [0.1, 0.15) is 17.2 Å². The van der Waals surface area contributed by atoms with Gasteiger partial charge in [0.1, 0.15) is 25.2 Å². The van der Waals surface area contributed by atoms with Crippen LogP contribution in [0.25, 0.3) is 0 Å². The van der Waals surface area contributed by atoms with Crippen LogP contribution in [0, 0.1) is 0 Å². The first kappa shape index (κ1) is 15.9. The van der Waals surface area contributed by atoms with Gasteiger partial charge in [0, 0.05) is 0 Å². The molecular weight excluding hydrogens is 306 g/mol. The summed E-state index contributed by atoms with van der Waals surface area (Å²) in [6.45, 7) is 0.829. The van der Waals surface area contributed by atoms with Crippen LogP contribution in [-0.2, 0) is 14.3 Å². The number of hydrogen-bond acceptors (Lipinski definition) is 4. The maximum Gasteiger partial charge on any atom is 0.290 e. The predicted molar refractivity (Wildman–Crippen MR) is 89.4 cm³/mol. The van der Waals surface area contributed by atoms with Crippen molar-refractivity contribution in [3.8, 4) is 5.75 Å². The summed E-state index contributed by atoms with van der Waals surface area (Å²) >= 11 is 0. The molecular formula is C19H19NO4. The fourth-order valence-corrected chi connectivity index (χ4v) is 2.49. The van der Waals surface area contributed by atoms with Gasteiger partial charge in [-0.15, -0.1) is 0 Å². The molecule has 0 spiro atoms. The SMILES string of the molecule is COc1ccc(C(NC(=O)C2=COCCO2)c2ccccc2)cc1. The molecule has 2 aromatic carbocycles. The Morgan fingerprint density at radius 1 is 1.04 bits per heavy atom. The first-order valence-corrected chi connectivity index (χ1v) is 7.72. The lowest BCUT2D eigenvalue weighted by Gasteiger charge is -2.22. The minimum absolute atomic E-state index is 0.190. The topological polar surface area (TPSA) is 56.8 Å². The summed E-state index contributed by atoms with van der Waals surface area (Å²) in [4.78, 5) is 12.5. The van der Waals surface area contributed by atoms with E-state index in [1.54, 1.807) is 7.11 Å². The molecule has 0 fully saturated rings. The minimum Gasteiger partial charge on any atom is -0.497 e. The lowest BCUT2D eigenvalue weighted by Crippen LogP contribution is -2.32. The van der Waals surface area contributed by atoms with Gasteiger partial charge in [-0.3, -0.25) is 4.79 Å². The van der Waals surface area contributed by atoms with Crippen LogP contribution in [-0.4, -0.2) is 26.2 Å². The van der Waals surface area contributed by atoms with Gasteiger partial charge in [-0.1, -0.05) is 42.5 Å². The Morgan fingerprint density at radius 2 is 1.75 bits per heavy atom. The Labute approximate surface area is 140 Å². The van der Waals surface area contributed by atoms with Crippen LogP contribution in [0.3, 0.4) is 0 Å². The van der Waals surface area contributed by atoms with Crippen molar-refractivity contribution in [2.75, 3.05) is 20.3 Å². The molecule has 5 nitrogen and oxygen atoms in total. The number of ether oxygens (including phenoxy) is 3. The molecule has 2 aromatic rings. The number of carbonyl (C=O) groups excluding carboxylic acids is 1. The lowest BCUT2D eigenvalue weighted by molar-refractivity contribution is -0.122. The third-order valence-electron chi connectivity index (χ3n) is 3.73. The predicted octanol–water partition coefficient (Wildman–Crippen LogP) is 2.79. The number of carbonyl (C=O) groups is 1. The first-order chi connectivity index (χ1) is 11.8. The summed E-state index contributed by atoms with van der Waals surface area (Å²) in [5, 5.41) is 3.00. The van der Waals surface area contributed by atoms with Crippen molar-refractivity contribution >= 4 is 5.91 Å². The zero-order valence-electron chi connectivity index (χ0n) is 13.4. The van der Waals surface area contributed by atoms with Gasteiger partial charge in [-0.05, 0) is 23.3 Å². The molecule has 3 rings (SSSR count). The fraction of sp³-hybridized carbons (Fsp3) is 0.211. The molecule has 124 valence electrons. The van der Waals surface area contributed by atoms with E-state index >= 15 is 0 Å². The third kappa shape index (κ3) is 3.68. The zero-order chi connectivity index (χ0) is 16.8. The molecule has 24 heavy (non-hydrogen) atoms. The monoisotopic (exact) mass is 325 g/mol. The van der Waals surface area contributed by atoms with E-state index in [0.717, 1.165) is 16.9 Å². The Balaban J connectivity index is 1.87. The smallest absolute Gasteiger partial charge is 0.290 e. The van der Waals surface area contributed by atoms with Gasteiger partial charge in [0.25, 0.3) is 5.91 Å². The molecule has 0 bridgehead atoms. The third-order valence-corrected chi connectivity index (χ3v) is 3.73. The van der Waals surface area contributed by atoms with Crippen molar-refractivity contribution in [2.24, 2.45) is 0 Å². The molecule has 1 atom stereocenters. The van der Waals surface area contributed by atoms with Crippen LogP contribution < -0.4 is 10.1 Å². The largest absolute Gasteiger partial charge is 0.497 e. The molecule has 1 heterocycles. The average Bonchev–Trinajstić information content (AvgIpc) is 2.67. The number of nitrogens with one attached hydrogen (secondary N) is 1. The number of benzene rings is 2. The van der Waals surface area contributed by atoms with E-state index in [1.165, 1.54) is 6.26 Å². The Hall–Kier alpha value is -2.95. The van der Waals surface area contributed by atoms with E-state index in [9.17, 15) is 4.79 Å². The highest BCUT2D eigenvalue weighted by molar-refractivity contribution is 5.91. The van der Waals surface area contributed by atoms with Gasteiger partial charge in [-0.2, -0.15) is 0 Å². The Kier molecular flexibility index (Phi) is 5.01. The van der Waals surface area contributed by atoms with Gasteiger partial charge >= 0.3 is 0 Å². The molecule has 1 unspecified atom stereocenters. The quantitative estimate of drug-likeness (QED) is 0.918. The number of amides is 1. The average molecular weight is 325 g/mol. The van der Waals surface area contributed by atoms with E-state index in [2.05, 4.69) is 5.32 Å². The van der Waals surface area contributed by atoms with Crippen molar-refractivity contribution in [2.45, 2.75) is 6.04 Å². The molecule has 1 amide bonds. The summed E-state index contributed by atoms with van der Waals surface area (Å²) in [5.41, 5.74) is 1.93. The molecule has 1 aliphatic heterocycles. The van der Waals surface area contributed by atoms with Gasteiger partial charge in [0.15, 0.2) is 0 Å². The van der Waals surface area contributed by atoms with Crippen LogP contribution >= 0.6 is 0 Å². The van der Waals surface area contributed by atoms with Gasteiger partial charge in [-0.25, -0.2) is 0 Å². The summed E-state index contributed by atoms with van der Waals surface area (Å²) in [6, 6.07) is 17.1. The Bertz CT molecular complexity index is 710. The van der Waals surface area contributed by atoms with E-state index in [1.807, 2.05) is 54.6 Å². The zero-order valence-corrected chi connectivity index (χ0v) is 13.4. The molecule has 0 aliphatic carbocycles. The number of methoxy groups -OCH3 is 1. The maximum atomic E-state index is 12.5. The molecule has 0 radical (unpaired) electrons. The first-order valence-electron chi connectivity index (χ1n) is 7.72. The van der Waals surface area contributed by atoms with Crippen molar-refractivity contribution in [3.63, 3.8) is 0 Å². The van der Waals surface area contributed by atoms with Crippen molar-refractivity contribution in [1.29, 1.82) is 0 Å². The highest BCUT2D eigenvalue weighted by atomic mass is 16.6. The highest BCUT2D eigenvalue weighted by Crippen LogP contribution is 2.24. The van der Waals surface area contributed by atoms with E-state index in [-0.39, 0.29) is 17.7 Å². The van der Waals surface area contributed by atoms with Crippen molar-refractivity contribution in [3.05, 3.63) is 77.7 Å². The summed E-state index contributed by atoms with van der Waals surface area (Å²) in [6.07, 6.45) is 1.36. The second-order valence-electron chi connectivity index (χ2n) is 5.29. The number of rotatable bonds is 5. The van der Waals surface area contributed by atoms with Gasteiger partial charge < -0.3 is 19.5 Å². The van der Waals surface area contributed by atoms with E-state index < -0.39 is 0 Å². The minimum atomic E-state index is -0.306. The molecule has 0 aromatic heterocycles. The molecule has 1 N–H and O–H groups in total. The fourth-order valence-electron chi connectivity index (χ4n) is 2.49. The van der Waals surface area contributed by atoms with Gasteiger partial charge in [0.2, 0.25) is 5.76 Å². The van der Waals surface area contributed by atoms with E-state index in [0.29, 0.717) is 13.2 Å². The number of hydrogen-bond donors (Lipinski definition) is 1. The Morgan fingerprint density at radius 3 is 2.38 bits per heavy atom. The summed E-state index contributed by atoms with van der Waals surface area (Å²) in [5.74, 6) is 0.652. The maximum absolute atomic E-state index is 12.5. The van der Waals surface area contributed by atoms with Crippen LogP contribution in [0.2, 0.25) is 0 Å². The summed E-state index contributed by atoms with van der Waals surface area (Å²) < 4.78 is 15.7. The molecule has 0 saturated carbocycles. The van der Waals surface area contributed by atoms with Crippen LogP contribution in [0.15, 0.2) is 66.6 Å². The van der Waals surface area contributed by atoms with Crippen LogP contribution in [0.5, 0.6) is 5.75 Å². The normalized spacial score (nSPS) is 14.6. The van der Waals surface area contributed by atoms with Gasteiger partial charge in [0.05, 0.1) is 13.2 Å². The standard InChI is InChI=1S/C19H19NO4/c1-22-16-9-7-15(8-10-16)18(14-5-3-2-4-6-14)20-19(21)17-13-23-11-12-24-17/h2-10,13,18H,11-12H2,1H3,(H,20,21). The second-order valence-corrected chi connectivity index (χ2v) is 5.29.